The van der Waals surface area contributed by atoms with Gasteiger partial charge in [0.1, 0.15) is 0 Å². The molecule has 0 spiro atoms. The van der Waals surface area contributed by atoms with E-state index < -0.39 is 0 Å². The largest absolute Gasteiger partial charge is 0.391 e. The second kappa shape index (κ2) is 5.99. The van der Waals surface area contributed by atoms with E-state index in [-0.39, 0.29) is 11.6 Å². The molecule has 4 heteroatoms. The van der Waals surface area contributed by atoms with Gasteiger partial charge in [0.2, 0.25) is 0 Å². The number of aliphatic hydroxyl groups excluding tert-OH is 1. The van der Waals surface area contributed by atoms with Gasteiger partial charge in [-0.1, -0.05) is 18.2 Å². The molecule has 0 amide bonds. The summed E-state index contributed by atoms with van der Waals surface area (Å²) in [6, 6.07) is 8.23. The van der Waals surface area contributed by atoms with Gasteiger partial charge in [0.05, 0.1) is 6.10 Å². The van der Waals surface area contributed by atoms with Crippen LogP contribution in [0.25, 0.3) is 10.9 Å². The van der Waals surface area contributed by atoms with Crippen LogP contribution in [-0.2, 0) is 0 Å². The molecule has 104 valence electrons. The van der Waals surface area contributed by atoms with Crippen molar-refractivity contribution in [3.8, 4) is 0 Å². The average molecular weight is 278 g/mol. The Bertz CT molecular complexity index is 530. The van der Waals surface area contributed by atoms with Crippen LogP contribution in [0.2, 0.25) is 0 Å². The molecule has 0 saturated carbocycles. The Morgan fingerprint density at radius 3 is 2.79 bits per heavy atom. The molecule has 19 heavy (non-hydrogen) atoms. The van der Waals surface area contributed by atoms with E-state index in [1.807, 2.05) is 18.3 Å². The fraction of sp³-hybridized carbons (Fsp3) is 0.467. The molecule has 0 aliphatic heterocycles. The van der Waals surface area contributed by atoms with Crippen molar-refractivity contribution in [3.05, 3.63) is 30.5 Å². The number of fused-ring (bicyclic) bond motifs is 1. The Morgan fingerprint density at radius 2 is 2.05 bits per heavy atom. The van der Waals surface area contributed by atoms with Crippen LogP contribution in [0.3, 0.4) is 0 Å². The van der Waals surface area contributed by atoms with Gasteiger partial charge in [-0.15, -0.1) is 11.8 Å². The SMILES string of the molecule is CC(C)(C)NCC(O)CSc1c[nH]c2ccccc12. The van der Waals surface area contributed by atoms with Gasteiger partial charge in [0, 0.05) is 39.8 Å². The maximum Gasteiger partial charge on any atom is 0.0758 e. The minimum Gasteiger partial charge on any atom is -0.391 e. The summed E-state index contributed by atoms with van der Waals surface area (Å²) in [5.41, 5.74) is 1.19. The fourth-order valence-corrected chi connectivity index (χ4v) is 2.80. The smallest absolute Gasteiger partial charge is 0.0758 e. The molecule has 0 fully saturated rings. The first-order valence-electron chi connectivity index (χ1n) is 6.58. The summed E-state index contributed by atoms with van der Waals surface area (Å²) in [5, 5.41) is 14.5. The monoisotopic (exact) mass is 278 g/mol. The minimum atomic E-state index is -0.335. The molecule has 1 aromatic heterocycles. The highest BCUT2D eigenvalue weighted by Crippen LogP contribution is 2.27. The molecule has 0 saturated heterocycles. The van der Waals surface area contributed by atoms with Crippen molar-refractivity contribution in [1.82, 2.24) is 10.3 Å². The third-order valence-electron chi connectivity index (χ3n) is 2.85. The van der Waals surface area contributed by atoms with E-state index >= 15 is 0 Å². The quantitative estimate of drug-likeness (QED) is 0.737. The highest BCUT2D eigenvalue weighted by atomic mass is 32.2. The lowest BCUT2D eigenvalue weighted by Crippen LogP contribution is -2.41. The number of H-pyrrole nitrogens is 1. The van der Waals surface area contributed by atoms with Crippen molar-refractivity contribution in [1.29, 1.82) is 0 Å². The van der Waals surface area contributed by atoms with E-state index in [0.717, 1.165) is 5.52 Å². The standard InChI is InChI=1S/C15H22N2OS/c1-15(2,3)17-8-11(18)10-19-14-9-16-13-7-5-4-6-12(13)14/h4-7,9,11,16-18H,8,10H2,1-3H3. The first-order chi connectivity index (χ1) is 8.96. The molecule has 0 aliphatic rings. The fourth-order valence-electron chi connectivity index (χ4n) is 1.83. The van der Waals surface area contributed by atoms with Crippen LogP contribution >= 0.6 is 11.8 Å². The highest BCUT2D eigenvalue weighted by molar-refractivity contribution is 7.99. The zero-order valence-electron chi connectivity index (χ0n) is 11.7. The van der Waals surface area contributed by atoms with Crippen LogP contribution in [0.4, 0.5) is 0 Å². The lowest BCUT2D eigenvalue weighted by atomic mass is 10.1. The normalized spacial score (nSPS) is 13.9. The second-order valence-electron chi connectivity index (χ2n) is 5.79. The molecule has 3 N–H and O–H groups in total. The van der Waals surface area contributed by atoms with Gasteiger partial charge in [-0.05, 0) is 26.8 Å². The number of para-hydroxylation sites is 1. The number of nitrogens with one attached hydrogen (secondary N) is 2. The van der Waals surface area contributed by atoms with E-state index in [1.165, 1.54) is 10.3 Å². The molecule has 3 nitrogen and oxygen atoms in total. The molecule has 2 rings (SSSR count). The van der Waals surface area contributed by atoms with Crippen LogP contribution in [-0.4, -0.2) is 34.0 Å². The Kier molecular flexibility index (Phi) is 4.55. The van der Waals surface area contributed by atoms with Gasteiger partial charge in [-0.2, -0.15) is 0 Å². The minimum absolute atomic E-state index is 0.0480. The first kappa shape index (κ1) is 14.4. The van der Waals surface area contributed by atoms with Gasteiger partial charge < -0.3 is 15.4 Å². The number of aromatic amines is 1. The lowest BCUT2D eigenvalue weighted by Gasteiger charge is -2.22. The maximum atomic E-state index is 9.99. The van der Waals surface area contributed by atoms with Crippen LogP contribution in [0.5, 0.6) is 0 Å². The Balaban J connectivity index is 1.88. The van der Waals surface area contributed by atoms with Crippen LogP contribution in [0, 0.1) is 0 Å². The number of aliphatic hydroxyl groups is 1. The van der Waals surface area contributed by atoms with Crippen LogP contribution in [0.1, 0.15) is 20.8 Å². The summed E-state index contributed by atoms with van der Waals surface area (Å²) >= 11 is 1.69. The zero-order valence-corrected chi connectivity index (χ0v) is 12.6. The summed E-state index contributed by atoms with van der Waals surface area (Å²) in [5.74, 6) is 0.699. The number of β-amino-alcohol motifs (C(OH)–C–C–N with tert-alkyl or cyclic N) is 1. The van der Waals surface area contributed by atoms with Crippen molar-refractivity contribution < 1.29 is 5.11 Å². The summed E-state index contributed by atoms with van der Waals surface area (Å²) in [4.78, 5) is 4.45. The molecule has 1 atom stereocenters. The number of rotatable bonds is 5. The summed E-state index contributed by atoms with van der Waals surface area (Å²) in [6.07, 6.45) is 1.68. The number of aromatic nitrogens is 1. The third kappa shape index (κ3) is 4.27. The Labute approximate surface area is 118 Å². The first-order valence-corrected chi connectivity index (χ1v) is 7.56. The Hall–Kier alpha value is -0.970. The molecule has 1 heterocycles. The van der Waals surface area contributed by atoms with Crippen LogP contribution < -0.4 is 5.32 Å². The maximum absolute atomic E-state index is 9.99. The van der Waals surface area contributed by atoms with Crippen molar-refractivity contribution >= 4 is 22.7 Å². The second-order valence-corrected chi connectivity index (χ2v) is 6.86. The molecular formula is C15H22N2OS. The van der Waals surface area contributed by atoms with Gasteiger partial charge in [-0.3, -0.25) is 0 Å². The van der Waals surface area contributed by atoms with Gasteiger partial charge in [0.25, 0.3) is 0 Å². The average Bonchev–Trinajstić information content (AvgIpc) is 2.76. The molecule has 2 aromatic rings. The Morgan fingerprint density at radius 1 is 1.32 bits per heavy atom. The van der Waals surface area contributed by atoms with Gasteiger partial charge in [-0.25, -0.2) is 0 Å². The summed E-state index contributed by atoms with van der Waals surface area (Å²) < 4.78 is 0. The predicted octanol–water partition coefficient (Wildman–Crippen LogP) is 3.01. The van der Waals surface area contributed by atoms with Crippen LogP contribution in [0.15, 0.2) is 35.4 Å². The van der Waals surface area contributed by atoms with E-state index in [1.54, 1.807) is 11.8 Å². The summed E-state index contributed by atoms with van der Waals surface area (Å²) in [6.45, 7) is 6.93. The predicted molar refractivity (Wildman–Crippen MR) is 82.8 cm³/mol. The highest BCUT2D eigenvalue weighted by Gasteiger charge is 2.13. The number of hydrogen-bond donors (Lipinski definition) is 3. The van der Waals surface area contributed by atoms with E-state index in [4.69, 9.17) is 0 Å². The van der Waals surface area contributed by atoms with Crippen molar-refractivity contribution in [3.63, 3.8) is 0 Å². The molecule has 0 radical (unpaired) electrons. The molecular weight excluding hydrogens is 256 g/mol. The molecule has 1 unspecified atom stereocenters. The molecule has 1 aromatic carbocycles. The number of hydrogen-bond acceptors (Lipinski definition) is 3. The van der Waals surface area contributed by atoms with E-state index in [9.17, 15) is 5.11 Å². The third-order valence-corrected chi connectivity index (χ3v) is 4.05. The molecule has 0 aliphatic carbocycles. The number of benzene rings is 1. The lowest BCUT2D eigenvalue weighted by molar-refractivity contribution is 0.183. The summed E-state index contributed by atoms with van der Waals surface area (Å²) in [7, 11) is 0. The van der Waals surface area contributed by atoms with E-state index in [0.29, 0.717) is 12.3 Å². The van der Waals surface area contributed by atoms with Crippen molar-refractivity contribution in [2.45, 2.75) is 37.3 Å². The number of thioether (sulfide) groups is 1. The topological polar surface area (TPSA) is 48.0 Å². The van der Waals surface area contributed by atoms with Gasteiger partial charge in [0.15, 0.2) is 0 Å². The van der Waals surface area contributed by atoms with Crippen molar-refractivity contribution in [2.75, 3.05) is 12.3 Å². The van der Waals surface area contributed by atoms with E-state index in [2.05, 4.69) is 43.2 Å². The molecule has 0 bridgehead atoms. The zero-order chi connectivity index (χ0) is 13.9. The van der Waals surface area contributed by atoms with Crippen molar-refractivity contribution in [2.24, 2.45) is 0 Å². The van der Waals surface area contributed by atoms with Gasteiger partial charge >= 0.3 is 0 Å².